The second-order valence-electron chi connectivity index (χ2n) is 2.79. The zero-order valence-corrected chi connectivity index (χ0v) is 8.99. The van der Waals surface area contributed by atoms with Crippen LogP contribution < -0.4 is 0 Å². The first-order valence-corrected chi connectivity index (χ1v) is 5.62. The van der Waals surface area contributed by atoms with Crippen molar-refractivity contribution < 1.29 is 31.1 Å². The highest BCUT2D eigenvalue weighted by Crippen LogP contribution is 2.13. The van der Waals surface area contributed by atoms with Gasteiger partial charge in [-0.2, -0.15) is 8.42 Å². The molecule has 1 atom stereocenters. The Morgan fingerprint density at radius 3 is 2.73 bits per heavy atom. The molecule has 0 amide bonds. The van der Waals surface area contributed by atoms with Crippen LogP contribution in [0.2, 0.25) is 0 Å². The Labute approximate surface area is 87.6 Å². The van der Waals surface area contributed by atoms with Crippen molar-refractivity contribution >= 4 is 16.4 Å². The summed E-state index contributed by atoms with van der Waals surface area (Å²) in [6.45, 7) is 0.297. The summed E-state index contributed by atoms with van der Waals surface area (Å²) in [7, 11) is -2.47. The predicted molar refractivity (Wildman–Crippen MR) is 47.2 cm³/mol. The van der Waals surface area contributed by atoms with Gasteiger partial charge in [0.25, 0.3) is 0 Å². The van der Waals surface area contributed by atoms with Gasteiger partial charge in [0.15, 0.2) is 0 Å². The van der Waals surface area contributed by atoms with E-state index in [9.17, 15) is 13.2 Å². The summed E-state index contributed by atoms with van der Waals surface area (Å²) in [4.78, 5) is 11.2. The number of carbonyl (C=O) groups excluding carboxylic acids is 1. The van der Waals surface area contributed by atoms with Gasteiger partial charge in [-0.25, -0.2) is 13.2 Å². The minimum Gasteiger partial charge on any atom is -0.464 e. The summed E-state index contributed by atoms with van der Waals surface area (Å²) in [6, 6.07) is 0. The van der Waals surface area contributed by atoms with Crippen molar-refractivity contribution in [3.63, 3.8) is 0 Å². The molecule has 7 nitrogen and oxygen atoms in total. The van der Waals surface area contributed by atoms with Gasteiger partial charge in [0.1, 0.15) is 6.61 Å². The lowest BCUT2D eigenvalue weighted by Gasteiger charge is -2.06. The van der Waals surface area contributed by atoms with Crippen LogP contribution in [-0.2, 0) is 33.0 Å². The van der Waals surface area contributed by atoms with Crippen LogP contribution in [0.15, 0.2) is 0 Å². The minimum absolute atomic E-state index is 0.159. The molecule has 0 aromatic carbocycles. The molecule has 1 fully saturated rings. The van der Waals surface area contributed by atoms with Crippen LogP contribution in [0.4, 0.5) is 0 Å². The molecule has 0 saturated carbocycles. The summed E-state index contributed by atoms with van der Waals surface area (Å²) in [5.41, 5.74) is 0. The number of esters is 1. The SMILES string of the molecule is COCCCOC(=O)C1COS(=O)(=O)O1. The Morgan fingerprint density at radius 2 is 2.20 bits per heavy atom. The predicted octanol–water partition coefficient (Wildman–Crippen LogP) is -0.774. The molecular formula is C7H12O7S. The van der Waals surface area contributed by atoms with Crippen molar-refractivity contribution in [2.75, 3.05) is 26.9 Å². The minimum atomic E-state index is -4.00. The van der Waals surface area contributed by atoms with E-state index in [1.54, 1.807) is 0 Å². The van der Waals surface area contributed by atoms with Gasteiger partial charge in [-0.3, -0.25) is 0 Å². The summed E-state index contributed by atoms with van der Waals surface area (Å²) in [5.74, 6) is -0.743. The topological polar surface area (TPSA) is 88.1 Å². The highest BCUT2D eigenvalue weighted by Gasteiger charge is 2.36. The fourth-order valence-corrected chi connectivity index (χ4v) is 1.68. The molecule has 1 rings (SSSR count). The maximum absolute atomic E-state index is 11.2. The van der Waals surface area contributed by atoms with Gasteiger partial charge in [0.05, 0.1) is 6.61 Å². The average molecular weight is 240 g/mol. The van der Waals surface area contributed by atoms with Crippen molar-refractivity contribution in [1.29, 1.82) is 0 Å². The van der Waals surface area contributed by atoms with Gasteiger partial charge in [0, 0.05) is 20.1 Å². The van der Waals surface area contributed by atoms with Gasteiger partial charge >= 0.3 is 16.4 Å². The Hall–Kier alpha value is -0.700. The van der Waals surface area contributed by atoms with E-state index in [2.05, 4.69) is 8.37 Å². The highest BCUT2D eigenvalue weighted by atomic mass is 32.3. The van der Waals surface area contributed by atoms with Crippen LogP contribution in [0.25, 0.3) is 0 Å². The van der Waals surface area contributed by atoms with Crippen LogP contribution in [0, 0.1) is 0 Å². The molecule has 0 aliphatic carbocycles. The Kier molecular flexibility index (Phi) is 4.45. The number of hydrogen-bond donors (Lipinski definition) is 0. The van der Waals surface area contributed by atoms with Crippen LogP contribution in [-0.4, -0.2) is 47.4 Å². The molecule has 0 N–H and O–H groups in total. The van der Waals surface area contributed by atoms with E-state index in [1.807, 2.05) is 0 Å². The molecule has 1 saturated heterocycles. The van der Waals surface area contributed by atoms with E-state index in [1.165, 1.54) is 7.11 Å². The lowest BCUT2D eigenvalue weighted by molar-refractivity contribution is -0.151. The average Bonchev–Trinajstić information content (AvgIpc) is 2.53. The monoisotopic (exact) mass is 240 g/mol. The van der Waals surface area contributed by atoms with Gasteiger partial charge in [-0.05, 0) is 0 Å². The molecule has 0 radical (unpaired) electrons. The molecule has 1 heterocycles. The first-order valence-electron chi connectivity index (χ1n) is 4.28. The normalized spacial score (nSPS) is 23.9. The third kappa shape index (κ3) is 4.12. The molecule has 0 aromatic heterocycles. The summed E-state index contributed by atoms with van der Waals surface area (Å²) >= 11 is 0. The summed E-state index contributed by atoms with van der Waals surface area (Å²) in [6.07, 6.45) is -0.639. The largest absolute Gasteiger partial charge is 0.464 e. The van der Waals surface area contributed by atoms with Crippen molar-refractivity contribution in [3.05, 3.63) is 0 Å². The van der Waals surface area contributed by atoms with Crippen molar-refractivity contribution in [2.45, 2.75) is 12.5 Å². The van der Waals surface area contributed by atoms with Gasteiger partial charge in [0.2, 0.25) is 6.10 Å². The molecular weight excluding hydrogens is 228 g/mol. The molecule has 8 heteroatoms. The fraction of sp³-hybridized carbons (Fsp3) is 0.857. The zero-order valence-electron chi connectivity index (χ0n) is 8.17. The molecule has 0 spiro atoms. The number of ether oxygens (including phenoxy) is 2. The zero-order chi connectivity index (χ0) is 11.3. The van der Waals surface area contributed by atoms with E-state index < -0.39 is 22.5 Å². The summed E-state index contributed by atoms with van der Waals surface area (Å²) in [5, 5.41) is 0. The van der Waals surface area contributed by atoms with Crippen LogP contribution in [0.3, 0.4) is 0 Å². The lowest BCUT2D eigenvalue weighted by atomic mass is 10.4. The van der Waals surface area contributed by atoms with Crippen LogP contribution in [0.5, 0.6) is 0 Å². The van der Waals surface area contributed by atoms with E-state index >= 15 is 0 Å². The van der Waals surface area contributed by atoms with E-state index in [4.69, 9.17) is 9.47 Å². The Bertz CT molecular complexity index is 309. The van der Waals surface area contributed by atoms with Gasteiger partial charge in [-0.1, -0.05) is 0 Å². The third-order valence-corrected chi connectivity index (χ3v) is 2.49. The number of methoxy groups -OCH3 is 1. The van der Waals surface area contributed by atoms with E-state index in [0.29, 0.717) is 13.0 Å². The van der Waals surface area contributed by atoms with Crippen molar-refractivity contribution in [3.8, 4) is 0 Å². The Morgan fingerprint density at radius 1 is 1.47 bits per heavy atom. The molecule has 1 unspecified atom stereocenters. The molecule has 1 aliphatic heterocycles. The van der Waals surface area contributed by atoms with Crippen LogP contribution >= 0.6 is 0 Å². The quantitative estimate of drug-likeness (QED) is 0.460. The third-order valence-electron chi connectivity index (χ3n) is 1.60. The second kappa shape index (κ2) is 5.40. The molecule has 1 aliphatic rings. The molecule has 15 heavy (non-hydrogen) atoms. The smallest absolute Gasteiger partial charge is 0.400 e. The first-order chi connectivity index (χ1) is 7.05. The standard InChI is InChI=1S/C7H12O7S/c1-11-3-2-4-12-7(8)6-5-13-15(9,10)14-6/h6H,2-5H2,1H3. The van der Waals surface area contributed by atoms with Gasteiger partial charge in [-0.15, -0.1) is 0 Å². The summed E-state index contributed by atoms with van der Waals surface area (Å²) < 4.78 is 39.3. The number of hydrogen-bond acceptors (Lipinski definition) is 7. The number of carbonyl (C=O) groups is 1. The van der Waals surface area contributed by atoms with Crippen molar-refractivity contribution in [1.82, 2.24) is 0 Å². The number of rotatable bonds is 5. The fourth-order valence-electron chi connectivity index (χ4n) is 0.919. The van der Waals surface area contributed by atoms with Crippen LogP contribution in [0.1, 0.15) is 6.42 Å². The van der Waals surface area contributed by atoms with E-state index in [0.717, 1.165) is 0 Å². The molecule has 88 valence electrons. The highest BCUT2D eigenvalue weighted by molar-refractivity contribution is 7.82. The van der Waals surface area contributed by atoms with E-state index in [-0.39, 0.29) is 13.2 Å². The van der Waals surface area contributed by atoms with Crippen molar-refractivity contribution in [2.24, 2.45) is 0 Å². The Balaban J connectivity index is 2.24. The first kappa shape index (κ1) is 12.4. The maximum Gasteiger partial charge on any atom is 0.400 e. The lowest BCUT2D eigenvalue weighted by Crippen LogP contribution is -2.26. The molecule has 0 aromatic rings. The second-order valence-corrected chi connectivity index (χ2v) is 4.04. The maximum atomic E-state index is 11.2. The van der Waals surface area contributed by atoms with Gasteiger partial charge < -0.3 is 9.47 Å². The molecule has 0 bridgehead atoms.